The normalized spacial score (nSPS) is 18.5. The molecule has 21 heavy (non-hydrogen) atoms. The van der Waals surface area contributed by atoms with Crippen molar-refractivity contribution in [2.24, 2.45) is 0 Å². The molecule has 0 atom stereocenters. The molecule has 2 aliphatic rings. The van der Waals surface area contributed by atoms with E-state index in [9.17, 15) is 0 Å². The van der Waals surface area contributed by atoms with Crippen molar-refractivity contribution in [3.05, 3.63) is 23.2 Å². The van der Waals surface area contributed by atoms with Crippen LogP contribution in [-0.2, 0) is 0 Å². The predicted molar refractivity (Wildman–Crippen MR) is 86.8 cm³/mol. The van der Waals surface area contributed by atoms with Gasteiger partial charge in [-0.15, -0.1) is 5.53 Å². The Balaban J connectivity index is 1.84. The van der Waals surface area contributed by atoms with Crippen LogP contribution in [0.2, 0.25) is 5.02 Å². The minimum atomic E-state index is 0.715. The summed E-state index contributed by atoms with van der Waals surface area (Å²) in [6.07, 6.45) is 0. The SMILES string of the molecule is CN1CCN(c2nc3ccc(Cl)cc3c3c2NNN3)CC1. The van der Waals surface area contributed by atoms with Crippen LogP contribution in [0, 0.1) is 0 Å². The lowest BCUT2D eigenvalue weighted by molar-refractivity contribution is 0.312. The number of fused-ring (bicyclic) bond motifs is 3. The number of halogens is 1. The molecule has 0 aliphatic carbocycles. The maximum absolute atomic E-state index is 6.11. The number of rotatable bonds is 1. The molecule has 0 amide bonds. The number of nitrogens with one attached hydrogen (secondary N) is 3. The Morgan fingerprint density at radius 3 is 2.67 bits per heavy atom. The zero-order valence-electron chi connectivity index (χ0n) is 11.8. The predicted octanol–water partition coefficient (Wildman–Crippen LogP) is 1.90. The minimum Gasteiger partial charge on any atom is -0.352 e. The van der Waals surface area contributed by atoms with Crippen LogP contribution in [0.15, 0.2) is 18.2 Å². The molecule has 3 N–H and O–H groups in total. The van der Waals surface area contributed by atoms with Gasteiger partial charge in [-0.1, -0.05) is 11.6 Å². The zero-order chi connectivity index (χ0) is 14.4. The van der Waals surface area contributed by atoms with Gasteiger partial charge in [-0.25, -0.2) is 4.98 Å². The molecule has 0 bridgehead atoms. The maximum atomic E-state index is 6.11. The summed E-state index contributed by atoms with van der Waals surface area (Å²) in [5.74, 6) is 0.991. The molecular formula is C14H17ClN6. The van der Waals surface area contributed by atoms with E-state index in [-0.39, 0.29) is 0 Å². The second-order valence-electron chi connectivity index (χ2n) is 5.51. The van der Waals surface area contributed by atoms with Crippen molar-refractivity contribution in [2.45, 2.75) is 0 Å². The Kier molecular flexibility index (Phi) is 3.02. The Morgan fingerprint density at radius 1 is 1.10 bits per heavy atom. The fourth-order valence-corrected chi connectivity index (χ4v) is 3.05. The summed E-state index contributed by atoms with van der Waals surface area (Å²) in [7, 11) is 2.15. The van der Waals surface area contributed by atoms with Gasteiger partial charge in [-0.3, -0.25) is 5.43 Å². The van der Waals surface area contributed by atoms with E-state index in [0.29, 0.717) is 5.02 Å². The van der Waals surface area contributed by atoms with E-state index >= 15 is 0 Å². The largest absolute Gasteiger partial charge is 0.352 e. The van der Waals surface area contributed by atoms with Gasteiger partial charge in [0.2, 0.25) is 0 Å². The fourth-order valence-electron chi connectivity index (χ4n) is 2.87. The number of likely N-dealkylation sites (N-methyl/N-ethyl adjacent to an activating group) is 1. The summed E-state index contributed by atoms with van der Waals surface area (Å²) in [6.45, 7) is 4.07. The fraction of sp³-hybridized carbons (Fsp3) is 0.357. The molecule has 0 spiro atoms. The molecule has 3 heterocycles. The van der Waals surface area contributed by atoms with Gasteiger partial charge >= 0.3 is 0 Å². The average molecular weight is 305 g/mol. The standard InChI is InChI=1S/C14H17ClN6/c1-20-4-6-21(7-5-20)14-13-12(17-19-18-13)10-8-9(15)2-3-11(10)16-14/h2-3,8,17-19H,4-7H2,1H3. The van der Waals surface area contributed by atoms with Gasteiger partial charge in [0.15, 0.2) is 5.82 Å². The number of hydrogen-bond donors (Lipinski definition) is 3. The summed E-state index contributed by atoms with van der Waals surface area (Å²) in [5, 5.41) is 1.74. The van der Waals surface area contributed by atoms with E-state index in [4.69, 9.17) is 16.6 Å². The van der Waals surface area contributed by atoms with Gasteiger partial charge in [0.1, 0.15) is 5.69 Å². The molecule has 6 nitrogen and oxygen atoms in total. The van der Waals surface area contributed by atoms with Crippen LogP contribution >= 0.6 is 11.6 Å². The zero-order valence-corrected chi connectivity index (χ0v) is 12.5. The number of piperazine rings is 1. The molecule has 0 radical (unpaired) electrons. The van der Waals surface area contributed by atoms with Crippen LogP contribution in [-0.4, -0.2) is 43.1 Å². The van der Waals surface area contributed by atoms with Crippen molar-refractivity contribution in [3.8, 4) is 0 Å². The average Bonchev–Trinajstić information content (AvgIpc) is 2.97. The lowest BCUT2D eigenvalue weighted by Gasteiger charge is -2.34. The number of anilines is 3. The van der Waals surface area contributed by atoms with Crippen LogP contribution in [0.5, 0.6) is 0 Å². The molecule has 1 fully saturated rings. The second-order valence-corrected chi connectivity index (χ2v) is 5.95. The van der Waals surface area contributed by atoms with Crippen LogP contribution in [0.1, 0.15) is 0 Å². The third-order valence-electron chi connectivity index (χ3n) is 4.11. The lowest BCUT2D eigenvalue weighted by atomic mass is 10.1. The van der Waals surface area contributed by atoms with Gasteiger partial charge in [0.25, 0.3) is 0 Å². The van der Waals surface area contributed by atoms with E-state index in [0.717, 1.165) is 54.3 Å². The van der Waals surface area contributed by atoms with E-state index in [1.807, 2.05) is 18.2 Å². The van der Waals surface area contributed by atoms with E-state index in [1.165, 1.54) is 0 Å². The van der Waals surface area contributed by atoms with Crippen molar-refractivity contribution in [1.29, 1.82) is 0 Å². The molecule has 2 aromatic rings. The summed E-state index contributed by atoms with van der Waals surface area (Å²) < 4.78 is 0. The highest BCUT2D eigenvalue weighted by Crippen LogP contribution is 2.40. The molecule has 4 rings (SSSR count). The second kappa shape index (κ2) is 4.91. The number of aromatic nitrogens is 1. The number of pyridine rings is 1. The topological polar surface area (TPSA) is 55.5 Å². The first kappa shape index (κ1) is 12.9. The van der Waals surface area contributed by atoms with Crippen molar-refractivity contribution >= 4 is 39.7 Å². The van der Waals surface area contributed by atoms with Crippen molar-refractivity contribution in [2.75, 3.05) is 49.0 Å². The minimum absolute atomic E-state index is 0.715. The molecule has 0 saturated carbocycles. The van der Waals surface area contributed by atoms with Crippen molar-refractivity contribution < 1.29 is 0 Å². The smallest absolute Gasteiger partial charge is 0.156 e. The summed E-state index contributed by atoms with van der Waals surface area (Å²) in [4.78, 5) is 9.51. The Morgan fingerprint density at radius 2 is 1.86 bits per heavy atom. The summed E-state index contributed by atoms with van der Waals surface area (Å²) >= 11 is 6.11. The molecule has 1 aromatic carbocycles. The third kappa shape index (κ3) is 2.16. The number of benzene rings is 1. The first-order valence-electron chi connectivity index (χ1n) is 7.06. The molecule has 7 heteroatoms. The van der Waals surface area contributed by atoms with Crippen molar-refractivity contribution in [1.82, 2.24) is 15.4 Å². The first-order valence-corrected chi connectivity index (χ1v) is 7.44. The molecule has 110 valence electrons. The molecule has 2 aliphatic heterocycles. The quantitative estimate of drug-likeness (QED) is 0.748. The molecular weight excluding hydrogens is 288 g/mol. The Labute approximate surface area is 128 Å². The van der Waals surface area contributed by atoms with Crippen LogP contribution < -0.4 is 21.3 Å². The summed E-state index contributed by atoms with van der Waals surface area (Å²) in [6, 6.07) is 5.79. The Hall–Kier alpha value is -1.76. The number of hydrogen-bond acceptors (Lipinski definition) is 6. The monoisotopic (exact) mass is 304 g/mol. The van der Waals surface area contributed by atoms with Gasteiger partial charge in [0.05, 0.1) is 11.2 Å². The van der Waals surface area contributed by atoms with Gasteiger partial charge in [-0.05, 0) is 25.2 Å². The number of hydrazine groups is 2. The van der Waals surface area contributed by atoms with Gasteiger partial charge < -0.3 is 15.2 Å². The van der Waals surface area contributed by atoms with Crippen LogP contribution in [0.4, 0.5) is 17.2 Å². The van der Waals surface area contributed by atoms with Gasteiger partial charge in [0, 0.05) is 36.6 Å². The first-order chi connectivity index (χ1) is 10.2. The van der Waals surface area contributed by atoms with Crippen LogP contribution in [0.3, 0.4) is 0 Å². The lowest BCUT2D eigenvalue weighted by Crippen LogP contribution is -2.45. The maximum Gasteiger partial charge on any atom is 0.156 e. The van der Waals surface area contributed by atoms with Gasteiger partial charge in [-0.2, -0.15) is 0 Å². The third-order valence-corrected chi connectivity index (χ3v) is 4.34. The summed E-state index contributed by atoms with van der Waals surface area (Å²) in [5.41, 5.74) is 12.3. The van der Waals surface area contributed by atoms with Crippen molar-refractivity contribution in [3.63, 3.8) is 0 Å². The molecule has 1 saturated heterocycles. The highest BCUT2D eigenvalue weighted by molar-refractivity contribution is 6.31. The van der Waals surface area contributed by atoms with E-state index in [2.05, 4.69) is 33.2 Å². The highest BCUT2D eigenvalue weighted by Gasteiger charge is 2.25. The van der Waals surface area contributed by atoms with E-state index < -0.39 is 0 Å². The Bertz CT molecular complexity index is 695. The van der Waals surface area contributed by atoms with Crippen LogP contribution in [0.25, 0.3) is 10.9 Å². The molecule has 1 aromatic heterocycles. The molecule has 0 unspecified atom stereocenters. The highest BCUT2D eigenvalue weighted by atomic mass is 35.5. The number of nitrogens with zero attached hydrogens (tertiary/aromatic N) is 3. The van der Waals surface area contributed by atoms with E-state index in [1.54, 1.807) is 0 Å².